The van der Waals surface area contributed by atoms with Crippen molar-refractivity contribution < 1.29 is 9.59 Å². The lowest BCUT2D eigenvalue weighted by molar-refractivity contribution is -0.127. The molecule has 6 heteroatoms. The number of nitrogens with one attached hydrogen (secondary N) is 1. The first-order valence-electron chi connectivity index (χ1n) is 9.30. The summed E-state index contributed by atoms with van der Waals surface area (Å²) < 4.78 is 1.83. The molecule has 0 unspecified atom stereocenters. The van der Waals surface area contributed by atoms with Crippen LogP contribution in [-0.2, 0) is 11.2 Å². The van der Waals surface area contributed by atoms with Gasteiger partial charge in [-0.2, -0.15) is 5.10 Å². The van der Waals surface area contributed by atoms with Gasteiger partial charge in [-0.1, -0.05) is 24.6 Å². The normalized spacial score (nSPS) is 14.1. The quantitative estimate of drug-likeness (QED) is 0.777. The first-order chi connectivity index (χ1) is 12.6. The van der Waals surface area contributed by atoms with Crippen molar-refractivity contribution in [2.75, 3.05) is 19.6 Å². The van der Waals surface area contributed by atoms with Crippen LogP contribution in [0, 0.1) is 6.92 Å². The van der Waals surface area contributed by atoms with Gasteiger partial charge in [-0.05, 0) is 38.3 Å². The van der Waals surface area contributed by atoms with Crippen LogP contribution in [0.3, 0.4) is 0 Å². The van der Waals surface area contributed by atoms with Crippen LogP contribution >= 0.6 is 0 Å². The smallest absolute Gasteiger partial charge is 0.254 e. The Morgan fingerprint density at radius 3 is 2.69 bits per heavy atom. The predicted molar refractivity (Wildman–Crippen MR) is 100 cm³/mol. The molecule has 26 heavy (non-hydrogen) atoms. The van der Waals surface area contributed by atoms with Crippen molar-refractivity contribution in [2.24, 2.45) is 0 Å². The fraction of sp³-hybridized carbons (Fsp3) is 0.450. The van der Waals surface area contributed by atoms with E-state index in [0.717, 1.165) is 37.2 Å². The number of carbonyl (C=O) groups excluding carboxylic acids is 2. The molecule has 2 aromatic rings. The van der Waals surface area contributed by atoms with Gasteiger partial charge in [0.1, 0.15) is 0 Å². The van der Waals surface area contributed by atoms with E-state index in [-0.39, 0.29) is 11.8 Å². The molecule has 1 aliphatic heterocycles. The third kappa shape index (κ3) is 3.95. The molecule has 1 aliphatic rings. The summed E-state index contributed by atoms with van der Waals surface area (Å²) in [5.41, 5.74) is 3.67. The molecule has 3 rings (SSSR count). The highest BCUT2D eigenvalue weighted by Gasteiger charge is 2.20. The number of hydrogen-bond donors (Lipinski definition) is 1. The molecular formula is C20H26N4O2. The number of likely N-dealkylation sites (tertiary alicyclic amines) is 1. The van der Waals surface area contributed by atoms with Crippen LogP contribution in [0.5, 0.6) is 0 Å². The number of rotatable bonds is 7. The second-order valence-electron chi connectivity index (χ2n) is 6.70. The zero-order valence-corrected chi connectivity index (χ0v) is 15.5. The van der Waals surface area contributed by atoms with Crippen molar-refractivity contribution in [1.82, 2.24) is 20.0 Å². The van der Waals surface area contributed by atoms with Crippen molar-refractivity contribution in [2.45, 2.75) is 39.5 Å². The predicted octanol–water partition coefficient (Wildman–Crippen LogP) is 2.49. The van der Waals surface area contributed by atoms with Gasteiger partial charge in [-0.15, -0.1) is 0 Å². The van der Waals surface area contributed by atoms with Crippen molar-refractivity contribution in [3.8, 4) is 5.69 Å². The van der Waals surface area contributed by atoms with Gasteiger partial charge in [-0.3, -0.25) is 9.59 Å². The van der Waals surface area contributed by atoms with E-state index in [1.165, 1.54) is 5.56 Å². The highest BCUT2D eigenvalue weighted by Crippen LogP contribution is 2.16. The van der Waals surface area contributed by atoms with Gasteiger partial charge in [0.25, 0.3) is 5.91 Å². The van der Waals surface area contributed by atoms with Gasteiger partial charge < -0.3 is 10.2 Å². The molecule has 0 bridgehead atoms. The maximum absolute atomic E-state index is 12.5. The van der Waals surface area contributed by atoms with Crippen molar-refractivity contribution in [1.29, 1.82) is 0 Å². The van der Waals surface area contributed by atoms with Crippen LogP contribution in [0.15, 0.2) is 30.5 Å². The van der Waals surface area contributed by atoms with E-state index in [9.17, 15) is 9.59 Å². The van der Waals surface area contributed by atoms with Gasteiger partial charge in [0.05, 0.1) is 23.1 Å². The number of benzene rings is 1. The van der Waals surface area contributed by atoms with Crippen molar-refractivity contribution >= 4 is 11.8 Å². The molecule has 0 radical (unpaired) electrons. The van der Waals surface area contributed by atoms with Gasteiger partial charge in [0.15, 0.2) is 0 Å². The van der Waals surface area contributed by atoms with E-state index in [0.29, 0.717) is 25.1 Å². The van der Waals surface area contributed by atoms with E-state index in [2.05, 4.69) is 10.4 Å². The average molecular weight is 354 g/mol. The zero-order chi connectivity index (χ0) is 18.5. The highest BCUT2D eigenvalue weighted by atomic mass is 16.2. The van der Waals surface area contributed by atoms with Crippen LogP contribution in [0.2, 0.25) is 0 Å². The summed E-state index contributed by atoms with van der Waals surface area (Å²) in [5.74, 6) is 0.122. The van der Waals surface area contributed by atoms with E-state index in [4.69, 9.17) is 0 Å². The molecule has 1 aromatic carbocycles. The molecule has 0 aliphatic carbocycles. The minimum absolute atomic E-state index is 0.104. The Kier molecular flexibility index (Phi) is 5.71. The fourth-order valence-corrected chi connectivity index (χ4v) is 3.32. The Bertz CT molecular complexity index is 780. The third-order valence-electron chi connectivity index (χ3n) is 4.79. The lowest BCUT2D eigenvalue weighted by atomic mass is 10.1. The highest BCUT2D eigenvalue weighted by molar-refractivity contribution is 5.95. The Labute approximate surface area is 154 Å². The van der Waals surface area contributed by atoms with Crippen molar-refractivity contribution in [3.63, 3.8) is 0 Å². The molecule has 6 nitrogen and oxygen atoms in total. The second-order valence-corrected chi connectivity index (χ2v) is 6.70. The maximum Gasteiger partial charge on any atom is 0.254 e. The topological polar surface area (TPSA) is 67.2 Å². The summed E-state index contributed by atoms with van der Waals surface area (Å²) in [5, 5.41) is 7.37. The molecule has 1 aromatic heterocycles. The average Bonchev–Trinajstić information content (AvgIpc) is 3.25. The van der Waals surface area contributed by atoms with Gasteiger partial charge in [0, 0.05) is 26.1 Å². The summed E-state index contributed by atoms with van der Waals surface area (Å²) in [6.07, 6.45) is 4.73. The molecule has 2 amide bonds. The molecular weight excluding hydrogens is 328 g/mol. The molecule has 1 saturated heterocycles. The molecule has 2 heterocycles. The van der Waals surface area contributed by atoms with Gasteiger partial charge in [-0.25, -0.2) is 4.68 Å². The Balaban J connectivity index is 1.60. The number of nitrogens with zero attached hydrogens (tertiary/aromatic N) is 3. The van der Waals surface area contributed by atoms with E-state index >= 15 is 0 Å². The Morgan fingerprint density at radius 2 is 2.04 bits per heavy atom. The van der Waals surface area contributed by atoms with Crippen LogP contribution in [-0.4, -0.2) is 46.1 Å². The first kappa shape index (κ1) is 18.2. The zero-order valence-electron chi connectivity index (χ0n) is 15.5. The fourth-order valence-electron chi connectivity index (χ4n) is 3.32. The molecule has 0 atom stereocenters. The number of amides is 2. The largest absolute Gasteiger partial charge is 0.352 e. The lowest BCUT2D eigenvalue weighted by Crippen LogP contribution is -2.30. The second kappa shape index (κ2) is 8.17. The van der Waals surface area contributed by atoms with Crippen molar-refractivity contribution in [3.05, 3.63) is 47.3 Å². The summed E-state index contributed by atoms with van der Waals surface area (Å²) in [4.78, 5) is 26.0. The van der Waals surface area contributed by atoms with E-state index in [1.54, 1.807) is 6.20 Å². The number of aromatic nitrogens is 2. The van der Waals surface area contributed by atoms with Crippen LogP contribution in [0.4, 0.5) is 0 Å². The third-order valence-corrected chi connectivity index (χ3v) is 4.79. The first-order valence-corrected chi connectivity index (χ1v) is 9.30. The van der Waals surface area contributed by atoms with Crippen LogP contribution < -0.4 is 5.32 Å². The van der Waals surface area contributed by atoms with Crippen LogP contribution in [0.1, 0.15) is 47.8 Å². The molecule has 1 fully saturated rings. The number of carbonyl (C=O) groups is 2. The van der Waals surface area contributed by atoms with Gasteiger partial charge >= 0.3 is 0 Å². The SMILES string of the molecule is CCc1c(C(=O)NCCCN2CCCC2=O)cnn1-c1ccc(C)cc1. The molecule has 0 spiro atoms. The van der Waals surface area contributed by atoms with E-state index < -0.39 is 0 Å². The minimum Gasteiger partial charge on any atom is -0.352 e. The molecule has 1 N–H and O–H groups in total. The minimum atomic E-state index is -0.104. The molecule has 0 saturated carbocycles. The summed E-state index contributed by atoms with van der Waals surface area (Å²) in [6.45, 7) is 6.18. The molecule has 138 valence electrons. The summed E-state index contributed by atoms with van der Waals surface area (Å²) in [7, 11) is 0. The number of hydrogen-bond acceptors (Lipinski definition) is 3. The number of aryl methyl sites for hydroxylation is 1. The Morgan fingerprint density at radius 1 is 1.27 bits per heavy atom. The lowest BCUT2D eigenvalue weighted by Gasteiger charge is -2.15. The summed E-state index contributed by atoms with van der Waals surface area (Å²) >= 11 is 0. The summed E-state index contributed by atoms with van der Waals surface area (Å²) in [6, 6.07) is 8.10. The van der Waals surface area contributed by atoms with Gasteiger partial charge in [0.2, 0.25) is 5.91 Å². The maximum atomic E-state index is 12.5. The standard InChI is InChI=1S/C20H26N4O2/c1-3-18-17(14-22-24(18)16-9-7-15(2)8-10-16)20(26)21-11-5-13-23-12-4-6-19(23)25/h7-10,14H,3-6,11-13H2,1-2H3,(H,21,26). The van der Waals surface area contributed by atoms with Crippen LogP contribution in [0.25, 0.3) is 5.69 Å². The van der Waals surface area contributed by atoms with E-state index in [1.807, 2.05) is 47.7 Å². The Hall–Kier alpha value is -2.63. The monoisotopic (exact) mass is 354 g/mol.